The molecule has 0 bridgehead atoms. The second kappa shape index (κ2) is 5.00. The normalized spacial score (nSPS) is 12.5. The standard InChI is InChI=1S/C16H12ClNO/c17-13-7-1-5-12(10-13)16(19)14-8-2-4-11-6-3-9-18-15(11)14/h1-10,16,19H. The van der Waals surface area contributed by atoms with Gasteiger partial charge in [-0.15, -0.1) is 0 Å². The molecule has 1 aromatic heterocycles. The van der Waals surface area contributed by atoms with Gasteiger partial charge in [-0.3, -0.25) is 4.98 Å². The smallest absolute Gasteiger partial charge is 0.106 e. The van der Waals surface area contributed by atoms with E-state index in [9.17, 15) is 5.11 Å². The highest BCUT2D eigenvalue weighted by Crippen LogP contribution is 2.28. The fourth-order valence-corrected chi connectivity index (χ4v) is 2.40. The Labute approximate surface area is 116 Å². The molecule has 0 fully saturated rings. The van der Waals surface area contributed by atoms with Gasteiger partial charge in [0.1, 0.15) is 6.10 Å². The number of hydrogen-bond donors (Lipinski definition) is 1. The number of pyridine rings is 1. The lowest BCUT2D eigenvalue weighted by Crippen LogP contribution is -2.01. The quantitative estimate of drug-likeness (QED) is 0.764. The average Bonchev–Trinajstić information content (AvgIpc) is 2.46. The molecule has 0 spiro atoms. The maximum absolute atomic E-state index is 10.5. The largest absolute Gasteiger partial charge is 0.384 e. The van der Waals surface area contributed by atoms with Gasteiger partial charge in [0.2, 0.25) is 0 Å². The van der Waals surface area contributed by atoms with Crippen LogP contribution >= 0.6 is 11.6 Å². The fourth-order valence-electron chi connectivity index (χ4n) is 2.20. The van der Waals surface area contributed by atoms with Crippen LogP contribution in [0.5, 0.6) is 0 Å². The monoisotopic (exact) mass is 269 g/mol. The number of aromatic nitrogens is 1. The van der Waals surface area contributed by atoms with Crippen LogP contribution in [-0.4, -0.2) is 10.1 Å². The minimum atomic E-state index is -0.725. The minimum absolute atomic E-state index is 0.616. The number of halogens is 1. The highest BCUT2D eigenvalue weighted by atomic mass is 35.5. The summed E-state index contributed by atoms with van der Waals surface area (Å²) >= 11 is 5.97. The van der Waals surface area contributed by atoms with Gasteiger partial charge in [0, 0.05) is 22.2 Å². The van der Waals surface area contributed by atoms with E-state index in [2.05, 4.69) is 4.98 Å². The Balaban J connectivity index is 2.14. The van der Waals surface area contributed by atoms with Crippen LogP contribution in [0.3, 0.4) is 0 Å². The van der Waals surface area contributed by atoms with E-state index in [1.807, 2.05) is 42.5 Å². The van der Waals surface area contributed by atoms with Gasteiger partial charge in [-0.25, -0.2) is 0 Å². The predicted octanol–water partition coefficient (Wildman–Crippen LogP) is 3.97. The molecule has 0 saturated heterocycles. The van der Waals surface area contributed by atoms with Gasteiger partial charge in [0.25, 0.3) is 0 Å². The number of aliphatic hydroxyl groups is 1. The molecule has 1 atom stereocenters. The minimum Gasteiger partial charge on any atom is -0.384 e. The molecule has 1 heterocycles. The summed E-state index contributed by atoms with van der Waals surface area (Å²) in [5.74, 6) is 0. The molecule has 1 unspecified atom stereocenters. The second-order valence-corrected chi connectivity index (χ2v) is 4.82. The number of hydrogen-bond acceptors (Lipinski definition) is 2. The number of rotatable bonds is 2. The van der Waals surface area contributed by atoms with Crippen molar-refractivity contribution in [3.63, 3.8) is 0 Å². The lowest BCUT2D eigenvalue weighted by molar-refractivity contribution is 0.221. The van der Waals surface area contributed by atoms with Crippen molar-refractivity contribution < 1.29 is 5.11 Å². The van der Waals surface area contributed by atoms with Gasteiger partial charge < -0.3 is 5.11 Å². The van der Waals surface area contributed by atoms with E-state index in [0.29, 0.717) is 5.02 Å². The van der Waals surface area contributed by atoms with Gasteiger partial charge in [-0.05, 0) is 23.8 Å². The van der Waals surface area contributed by atoms with Crippen LogP contribution in [0.25, 0.3) is 10.9 Å². The van der Waals surface area contributed by atoms with E-state index >= 15 is 0 Å². The van der Waals surface area contributed by atoms with Crippen LogP contribution < -0.4 is 0 Å². The van der Waals surface area contributed by atoms with E-state index in [1.165, 1.54) is 0 Å². The molecule has 0 aliphatic heterocycles. The Kier molecular flexibility index (Phi) is 3.20. The van der Waals surface area contributed by atoms with Gasteiger partial charge in [0.05, 0.1) is 5.52 Å². The van der Waals surface area contributed by atoms with Crippen molar-refractivity contribution in [3.05, 3.63) is 76.9 Å². The lowest BCUT2D eigenvalue weighted by Gasteiger charge is -2.13. The van der Waals surface area contributed by atoms with Crippen LogP contribution in [0.2, 0.25) is 5.02 Å². The van der Waals surface area contributed by atoms with Crippen molar-refractivity contribution >= 4 is 22.5 Å². The van der Waals surface area contributed by atoms with E-state index in [-0.39, 0.29) is 0 Å². The molecule has 1 N–H and O–H groups in total. The Morgan fingerprint density at radius 2 is 1.79 bits per heavy atom. The summed E-state index contributed by atoms with van der Waals surface area (Å²) in [5, 5.41) is 12.1. The predicted molar refractivity (Wildman–Crippen MR) is 77.3 cm³/mol. The molecule has 2 nitrogen and oxygen atoms in total. The second-order valence-electron chi connectivity index (χ2n) is 4.38. The Morgan fingerprint density at radius 1 is 1.00 bits per heavy atom. The maximum atomic E-state index is 10.5. The Hall–Kier alpha value is -1.90. The van der Waals surface area contributed by atoms with Crippen molar-refractivity contribution in [3.8, 4) is 0 Å². The summed E-state index contributed by atoms with van der Waals surface area (Å²) in [6, 6.07) is 16.9. The summed E-state index contributed by atoms with van der Waals surface area (Å²) in [6.45, 7) is 0. The molecule has 3 rings (SSSR count). The van der Waals surface area contributed by atoms with Crippen LogP contribution in [0, 0.1) is 0 Å². The highest BCUT2D eigenvalue weighted by Gasteiger charge is 2.14. The number of benzene rings is 2. The fraction of sp³-hybridized carbons (Fsp3) is 0.0625. The first-order valence-electron chi connectivity index (χ1n) is 6.03. The van der Waals surface area contributed by atoms with E-state index < -0.39 is 6.10 Å². The van der Waals surface area contributed by atoms with Gasteiger partial charge >= 0.3 is 0 Å². The molecule has 0 saturated carbocycles. The number of para-hydroxylation sites is 1. The summed E-state index contributed by atoms with van der Waals surface area (Å²) in [6.07, 6.45) is 1.01. The van der Waals surface area contributed by atoms with Crippen molar-refractivity contribution in [1.29, 1.82) is 0 Å². The molecule has 0 radical (unpaired) electrons. The first kappa shape index (κ1) is 12.2. The van der Waals surface area contributed by atoms with Gasteiger partial charge in [-0.2, -0.15) is 0 Å². The number of aliphatic hydroxyl groups excluding tert-OH is 1. The maximum Gasteiger partial charge on any atom is 0.106 e. The number of nitrogens with zero attached hydrogens (tertiary/aromatic N) is 1. The summed E-state index contributed by atoms with van der Waals surface area (Å²) < 4.78 is 0. The van der Waals surface area contributed by atoms with Crippen molar-refractivity contribution in [1.82, 2.24) is 4.98 Å². The van der Waals surface area contributed by atoms with E-state index in [0.717, 1.165) is 22.0 Å². The molecule has 3 aromatic rings. The molecule has 19 heavy (non-hydrogen) atoms. The Morgan fingerprint density at radius 3 is 2.63 bits per heavy atom. The molecule has 94 valence electrons. The first-order valence-corrected chi connectivity index (χ1v) is 6.41. The third kappa shape index (κ3) is 2.33. The molecule has 3 heteroatoms. The van der Waals surface area contributed by atoms with Crippen molar-refractivity contribution in [2.24, 2.45) is 0 Å². The third-order valence-electron chi connectivity index (χ3n) is 3.12. The molecular formula is C16H12ClNO. The van der Waals surface area contributed by atoms with Crippen LogP contribution in [0.15, 0.2) is 60.8 Å². The van der Waals surface area contributed by atoms with Crippen molar-refractivity contribution in [2.75, 3.05) is 0 Å². The summed E-state index contributed by atoms with van der Waals surface area (Å²) in [7, 11) is 0. The third-order valence-corrected chi connectivity index (χ3v) is 3.36. The van der Waals surface area contributed by atoms with Crippen LogP contribution in [0.1, 0.15) is 17.2 Å². The number of fused-ring (bicyclic) bond motifs is 1. The molecule has 2 aromatic carbocycles. The lowest BCUT2D eigenvalue weighted by atomic mass is 9.99. The van der Waals surface area contributed by atoms with Crippen LogP contribution in [-0.2, 0) is 0 Å². The molecular weight excluding hydrogens is 258 g/mol. The van der Waals surface area contributed by atoms with E-state index in [1.54, 1.807) is 18.3 Å². The highest BCUT2D eigenvalue weighted by molar-refractivity contribution is 6.30. The molecule has 0 aliphatic carbocycles. The zero-order valence-electron chi connectivity index (χ0n) is 10.1. The Bertz CT molecular complexity index is 721. The zero-order chi connectivity index (χ0) is 13.2. The van der Waals surface area contributed by atoms with Crippen molar-refractivity contribution in [2.45, 2.75) is 6.10 Å². The zero-order valence-corrected chi connectivity index (χ0v) is 10.9. The topological polar surface area (TPSA) is 33.1 Å². The SMILES string of the molecule is OC(c1cccc(Cl)c1)c1cccc2cccnc12. The molecule has 0 amide bonds. The van der Waals surface area contributed by atoms with E-state index in [4.69, 9.17) is 11.6 Å². The van der Waals surface area contributed by atoms with Gasteiger partial charge in [0.15, 0.2) is 0 Å². The summed E-state index contributed by atoms with van der Waals surface area (Å²) in [4.78, 5) is 4.36. The average molecular weight is 270 g/mol. The summed E-state index contributed by atoms with van der Waals surface area (Å²) in [5.41, 5.74) is 2.38. The first-order chi connectivity index (χ1) is 9.25. The van der Waals surface area contributed by atoms with Crippen LogP contribution in [0.4, 0.5) is 0 Å². The van der Waals surface area contributed by atoms with Gasteiger partial charge in [-0.1, -0.05) is 48.0 Å². The molecule has 0 aliphatic rings.